The first-order chi connectivity index (χ1) is 9.88. The molecule has 0 aliphatic heterocycles. The van der Waals surface area contributed by atoms with E-state index in [1.54, 1.807) is 16.6 Å². The highest BCUT2D eigenvalue weighted by Crippen LogP contribution is 2.15. The zero-order valence-electron chi connectivity index (χ0n) is 12.4. The third kappa shape index (κ3) is 3.64. The van der Waals surface area contributed by atoms with Crippen molar-refractivity contribution in [2.75, 3.05) is 12.8 Å². The Morgan fingerprint density at radius 1 is 1.33 bits per heavy atom. The van der Waals surface area contributed by atoms with Gasteiger partial charge in [-0.25, -0.2) is 0 Å². The second-order valence-electron chi connectivity index (χ2n) is 5.12. The number of halogens is 1. The number of nitrogens with two attached hydrogens (primary N) is 1. The fraction of sp³-hybridized carbons (Fsp3) is 0.333. The number of likely N-dealkylation sites (N-methyl/N-ethyl adjacent to an activating group) is 1. The lowest BCUT2D eigenvalue weighted by Crippen LogP contribution is -2.30. The van der Waals surface area contributed by atoms with Crippen LogP contribution >= 0.6 is 15.9 Å². The highest BCUT2D eigenvalue weighted by molar-refractivity contribution is 9.10. The first-order valence-corrected chi connectivity index (χ1v) is 7.45. The molecule has 1 aromatic carbocycles. The molecule has 1 heterocycles. The summed E-state index contributed by atoms with van der Waals surface area (Å²) in [5.74, 6) is 0.00326. The van der Waals surface area contributed by atoms with Gasteiger partial charge in [-0.2, -0.15) is 5.10 Å². The van der Waals surface area contributed by atoms with E-state index >= 15 is 0 Å². The molecule has 0 bridgehead atoms. The molecule has 2 N–H and O–H groups in total. The SMILES string of the molecule is Cc1nn(CC(=O)N(C)Cc2ccc(Br)cc2)c(C)c1N. The van der Waals surface area contributed by atoms with E-state index in [1.165, 1.54) is 0 Å². The fourth-order valence-corrected chi connectivity index (χ4v) is 2.33. The molecule has 5 nitrogen and oxygen atoms in total. The summed E-state index contributed by atoms with van der Waals surface area (Å²) in [7, 11) is 1.79. The van der Waals surface area contributed by atoms with Crippen molar-refractivity contribution >= 4 is 27.5 Å². The maximum atomic E-state index is 12.3. The van der Waals surface area contributed by atoms with Crippen LogP contribution in [0.15, 0.2) is 28.7 Å². The van der Waals surface area contributed by atoms with E-state index in [0.717, 1.165) is 21.4 Å². The van der Waals surface area contributed by atoms with Gasteiger partial charge in [-0.1, -0.05) is 28.1 Å². The molecule has 6 heteroatoms. The zero-order valence-corrected chi connectivity index (χ0v) is 14.0. The largest absolute Gasteiger partial charge is 0.396 e. The molecule has 0 atom stereocenters. The van der Waals surface area contributed by atoms with Crippen molar-refractivity contribution in [2.24, 2.45) is 0 Å². The lowest BCUT2D eigenvalue weighted by Gasteiger charge is -2.18. The minimum Gasteiger partial charge on any atom is -0.396 e. The summed E-state index contributed by atoms with van der Waals surface area (Å²) in [5, 5.41) is 4.29. The first-order valence-electron chi connectivity index (χ1n) is 6.66. The van der Waals surface area contributed by atoms with Gasteiger partial charge in [-0.05, 0) is 31.5 Å². The second-order valence-corrected chi connectivity index (χ2v) is 6.03. The van der Waals surface area contributed by atoms with Crippen LogP contribution in [0.4, 0.5) is 5.69 Å². The molecule has 1 aromatic heterocycles. The maximum absolute atomic E-state index is 12.3. The molecule has 0 saturated carbocycles. The summed E-state index contributed by atoms with van der Waals surface area (Å²) < 4.78 is 2.68. The van der Waals surface area contributed by atoms with E-state index < -0.39 is 0 Å². The summed E-state index contributed by atoms with van der Waals surface area (Å²) in [6.45, 7) is 4.49. The minimum atomic E-state index is 0.00326. The number of aromatic nitrogens is 2. The van der Waals surface area contributed by atoms with Crippen molar-refractivity contribution in [1.29, 1.82) is 0 Å². The van der Waals surface area contributed by atoms with Crippen molar-refractivity contribution < 1.29 is 4.79 Å². The normalized spacial score (nSPS) is 10.7. The fourth-order valence-electron chi connectivity index (χ4n) is 2.07. The van der Waals surface area contributed by atoms with E-state index in [0.29, 0.717) is 12.2 Å². The Morgan fingerprint density at radius 2 is 1.95 bits per heavy atom. The summed E-state index contributed by atoms with van der Waals surface area (Å²) in [6.07, 6.45) is 0. The van der Waals surface area contributed by atoms with E-state index in [2.05, 4.69) is 21.0 Å². The predicted molar refractivity (Wildman–Crippen MR) is 86.7 cm³/mol. The van der Waals surface area contributed by atoms with Crippen LogP contribution in [0.2, 0.25) is 0 Å². The van der Waals surface area contributed by atoms with Gasteiger partial charge in [0.05, 0.1) is 17.1 Å². The zero-order chi connectivity index (χ0) is 15.6. The lowest BCUT2D eigenvalue weighted by molar-refractivity contribution is -0.131. The topological polar surface area (TPSA) is 64.2 Å². The second kappa shape index (κ2) is 6.30. The maximum Gasteiger partial charge on any atom is 0.244 e. The molecule has 21 heavy (non-hydrogen) atoms. The lowest BCUT2D eigenvalue weighted by atomic mass is 10.2. The molecule has 0 unspecified atom stereocenters. The number of anilines is 1. The number of hydrogen-bond donors (Lipinski definition) is 1. The van der Waals surface area contributed by atoms with Gasteiger partial charge in [0.1, 0.15) is 6.54 Å². The Bertz CT molecular complexity index is 648. The van der Waals surface area contributed by atoms with Crippen LogP contribution in [0.1, 0.15) is 17.0 Å². The molecule has 2 aromatic rings. The molecule has 112 valence electrons. The van der Waals surface area contributed by atoms with Gasteiger partial charge >= 0.3 is 0 Å². The smallest absolute Gasteiger partial charge is 0.244 e. The Labute approximate surface area is 132 Å². The number of nitrogens with zero attached hydrogens (tertiary/aromatic N) is 3. The van der Waals surface area contributed by atoms with Gasteiger partial charge in [0.25, 0.3) is 0 Å². The van der Waals surface area contributed by atoms with Crippen LogP contribution in [0.25, 0.3) is 0 Å². The van der Waals surface area contributed by atoms with Crippen molar-refractivity contribution in [3.63, 3.8) is 0 Å². The molecule has 2 rings (SSSR count). The van der Waals surface area contributed by atoms with Gasteiger partial charge in [0, 0.05) is 18.1 Å². The molecule has 0 aliphatic carbocycles. The molecule has 0 saturated heterocycles. The van der Waals surface area contributed by atoms with Gasteiger partial charge < -0.3 is 10.6 Å². The van der Waals surface area contributed by atoms with Crippen LogP contribution in [0.5, 0.6) is 0 Å². The van der Waals surface area contributed by atoms with E-state index in [-0.39, 0.29) is 12.5 Å². The molecule has 0 spiro atoms. The first kappa shape index (κ1) is 15.6. The predicted octanol–water partition coefficient (Wildman–Crippen LogP) is 2.50. The van der Waals surface area contributed by atoms with Gasteiger partial charge in [-0.3, -0.25) is 9.48 Å². The van der Waals surface area contributed by atoms with Gasteiger partial charge in [-0.15, -0.1) is 0 Å². The number of benzene rings is 1. The Balaban J connectivity index is 2.02. The number of nitrogen functional groups attached to an aromatic ring is 1. The summed E-state index contributed by atoms with van der Waals surface area (Å²) in [4.78, 5) is 14.0. The van der Waals surface area contributed by atoms with Crippen molar-refractivity contribution in [3.8, 4) is 0 Å². The van der Waals surface area contributed by atoms with E-state index in [9.17, 15) is 4.79 Å². The molecule has 0 aliphatic rings. The van der Waals surface area contributed by atoms with Crippen LogP contribution in [0.3, 0.4) is 0 Å². The molecule has 0 radical (unpaired) electrons. The van der Waals surface area contributed by atoms with Gasteiger partial charge in [0.2, 0.25) is 5.91 Å². The Kier molecular flexibility index (Phi) is 4.67. The summed E-state index contributed by atoms with van der Waals surface area (Å²) >= 11 is 3.40. The van der Waals surface area contributed by atoms with Crippen LogP contribution < -0.4 is 5.73 Å². The molecule has 1 amide bonds. The number of hydrogen-bond acceptors (Lipinski definition) is 3. The quantitative estimate of drug-likeness (QED) is 0.921. The third-order valence-corrected chi connectivity index (χ3v) is 4.01. The molecule has 0 fully saturated rings. The number of rotatable bonds is 4. The van der Waals surface area contributed by atoms with Crippen LogP contribution in [0, 0.1) is 13.8 Å². The summed E-state index contributed by atoms with van der Waals surface area (Å²) in [5.41, 5.74) is 9.21. The monoisotopic (exact) mass is 350 g/mol. The Morgan fingerprint density at radius 3 is 2.48 bits per heavy atom. The number of amides is 1. The van der Waals surface area contributed by atoms with Crippen molar-refractivity contribution in [3.05, 3.63) is 45.7 Å². The van der Waals surface area contributed by atoms with Gasteiger partial charge in [0.15, 0.2) is 0 Å². The average molecular weight is 351 g/mol. The minimum absolute atomic E-state index is 0.00326. The van der Waals surface area contributed by atoms with Crippen LogP contribution in [-0.4, -0.2) is 27.6 Å². The number of carbonyl (C=O) groups excluding carboxylic acids is 1. The van der Waals surface area contributed by atoms with Crippen molar-refractivity contribution in [1.82, 2.24) is 14.7 Å². The summed E-state index contributed by atoms with van der Waals surface area (Å²) in [6, 6.07) is 7.93. The molecular formula is C15H19BrN4O. The van der Waals surface area contributed by atoms with E-state index in [4.69, 9.17) is 5.73 Å². The number of aryl methyl sites for hydroxylation is 1. The molecular weight excluding hydrogens is 332 g/mol. The highest BCUT2D eigenvalue weighted by Gasteiger charge is 2.14. The Hall–Kier alpha value is -1.82. The van der Waals surface area contributed by atoms with Crippen molar-refractivity contribution in [2.45, 2.75) is 26.9 Å². The van der Waals surface area contributed by atoms with Crippen LogP contribution in [-0.2, 0) is 17.9 Å². The average Bonchev–Trinajstić information content (AvgIpc) is 2.69. The number of carbonyl (C=O) groups is 1. The highest BCUT2D eigenvalue weighted by atomic mass is 79.9. The van der Waals surface area contributed by atoms with E-state index in [1.807, 2.05) is 38.1 Å². The third-order valence-electron chi connectivity index (χ3n) is 3.48. The standard InChI is InChI=1S/C15H19BrN4O/c1-10-15(17)11(2)20(18-10)9-14(21)19(3)8-12-4-6-13(16)7-5-12/h4-7H,8-9,17H2,1-3H3.